The number of hydrogen-bond donors (Lipinski definition) is 0. The second-order valence-corrected chi connectivity index (χ2v) is 6.41. The molecule has 1 aromatic carbocycles. The first kappa shape index (κ1) is 17.5. The topological polar surface area (TPSA) is 75.7 Å². The van der Waals surface area contributed by atoms with E-state index in [1.165, 1.54) is 0 Å². The van der Waals surface area contributed by atoms with Crippen LogP contribution in [0.5, 0.6) is 11.5 Å². The van der Waals surface area contributed by atoms with Gasteiger partial charge in [-0.3, -0.25) is 4.68 Å². The Labute approximate surface area is 160 Å². The summed E-state index contributed by atoms with van der Waals surface area (Å²) in [7, 11) is 0. The van der Waals surface area contributed by atoms with Crippen molar-refractivity contribution < 1.29 is 23.4 Å². The van der Waals surface area contributed by atoms with Gasteiger partial charge >= 0.3 is 5.97 Å². The summed E-state index contributed by atoms with van der Waals surface area (Å²) >= 11 is 6.25. The molecule has 0 fully saturated rings. The number of carbonyl (C=O) groups excluding carboxylic acids is 1. The summed E-state index contributed by atoms with van der Waals surface area (Å²) in [5.41, 5.74) is 0.709. The Morgan fingerprint density at radius 2 is 2.15 bits per heavy atom. The van der Waals surface area contributed by atoms with Crippen LogP contribution in [0.1, 0.15) is 28.3 Å². The van der Waals surface area contributed by atoms with Gasteiger partial charge < -0.3 is 18.6 Å². The highest BCUT2D eigenvalue weighted by molar-refractivity contribution is 6.32. The Morgan fingerprint density at radius 1 is 1.26 bits per heavy atom. The molecule has 0 saturated heterocycles. The highest BCUT2D eigenvalue weighted by Crippen LogP contribution is 2.38. The van der Waals surface area contributed by atoms with Crippen LogP contribution in [-0.2, 0) is 17.9 Å². The Kier molecular flexibility index (Phi) is 5.02. The third-order valence-electron chi connectivity index (χ3n) is 3.97. The number of hydrogen-bond acceptors (Lipinski definition) is 6. The summed E-state index contributed by atoms with van der Waals surface area (Å²) < 4.78 is 23.8. The van der Waals surface area contributed by atoms with Crippen LogP contribution >= 0.6 is 11.6 Å². The normalized spacial score (nSPS) is 13.2. The van der Waals surface area contributed by atoms with Crippen LogP contribution < -0.4 is 9.47 Å². The van der Waals surface area contributed by atoms with Gasteiger partial charge in [-0.15, -0.1) is 0 Å². The molecule has 27 heavy (non-hydrogen) atoms. The average molecular weight is 389 g/mol. The monoisotopic (exact) mass is 388 g/mol. The number of ether oxygens (including phenoxy) is 3. The Bertz CT molecular complexity index is 936. The standard InChI is InChI=1S/C19H17ClN2O5/c20-15-9-13(10-17-18(15)25-8-2-7-24-17)12-26-19(23)16-4-3-14(27-16)11-22-6-1-5-21-22/h1,3-6,9-10H,2,7-8,11-12H2. The van der Waals surface area contributed by atoms with E-state index in [-0.39, 0.29) is 12.4 Å². The van der Waals surface area contributed by atoms with E-state index in [0.29, 0.717) is 47.6 Å². The van der Waals surface area contributed by atoms with Crippen molar-refractivity contribution in [2.45, 2.75) is 19.6 Å². The second kappa shape index (κ2) is 7.75. The predicted molar refractivity (Wildman–Crippen MR) is 96.2 cm³/mol. The molecule has 2 aromatic heterocycles. The SMILES string of the molecule is O=C(OCc1cc(Cl)c2c(c1)OCCCO2)c1ccc(Cn2cccn2)o1. The quantitative estimate of drug-likeness (QED) is 0.620. The van der Waals surface area contributed by atoms with Gasteiger partial charge in [0.15, 0.2) is 11.5 Å². The zero-order valence-corrected chi connectivity index (χ0v) is 15.1. The third-order valence-corrected chi connectivity index (χ3v) is 4.25. The molecule has 0 radical (unpaired) electrons. The van der Waals surface area contributed by atoms with E-state index in [1.54, 1.807) is 35.1 Å². The number of furan rings is 1. The fourth-order valence-electron chi connectivity index (χ4n) is 2.71. The zero-order chi connectivity index (χ0) is 18.6. The number of aromatic nitrogens is 2. The fraction of sp³-hybridized carbons (Fsp3) is 0.263. The van der Waals surface area contributed by atoms with E-state index in [4.69, 9.17) is 30.2 Å². The van der Waals surface area contributed by atoms with Crippen molar-refractivity contribution in [3.05, 3.63) is 64.8 Å². The molecule has 0 bridgehead atoms. The summed E-state index contributed by atoms with van der Waals surface area (Å²) in [6.45, 7) is 1.60. The molecule has 3 aromatic rings. The lowest BCUT2D eigenvalue weighted by Gasteiger charge is -2.11. The van der Waals surface area contributed by atoms with E-state index >= 15 is 0 Å². The van der Waals surface area contributed by atoms with Crippen LogP contribution in [0.3, 0.4) is 0 Å². The van der Waals surface area contributed by atoms with Crippen LogP contribution in [0.2, 0.25) is 5.02 Å². The number of rotatable bonds is 5. The van der Waals surface area contributed by atoms with Gasteiger partial charge in [-0.25, -0.2) is 4.79 Å². The molecule has 0 aliphatic carbocycles. The maximum Gasteiger partial charge on any atom is 0.374 e. The Balaban J connectivity index is 1.40. The van der Waals surface area contributed by atoms with E-state index in [0.717, 1.165) is 6.42 Å². The summed E-state index contributed by atoms with van der Waals surface area (Å²) in [5.74, 6) is 1.29. The minimum atomic E-state index is -0.551. The van der Waals surface area contributed by atoms with Crippen molar-refractivity contribution >= 4 is 17.6 Å². The van der Waals surface area contributed by atoms with Crippen molar-refractivity contribution in [2.75, 3.05) is 13.2 Å². The molecule has 8 heteroatoms. The smallest absolute Gasteiger partial charge is 0.374 e. The molecular weight excluding hydrogens is 372 g/mol. The molecule has 0 amide bonds. The van der Waals surface area contributed by atoms with Crippen molar-refractivity contribution in [3.63, 3.8) is 0 Å². The van der Waals surface area contributed by atoms with Gasteiger partial charge in [0.25, 0.3) is 0 Å². The van der Waals surface area contributed by atoms with Gasteiger partial charge in [0.05, 0.1) is 24.8 Å². The largest absolute Gasteiger partial charge is 0.489 e. The molecule has 4 rings (SSSR count). The first-order valence-electron chi connectivity index (χ1n) is 8.50. The molecule has 140 valence electrons. The molecule has 3 heterocycles. The summed E-state index contributed by atoms with van der Waals surface area (Å²) in [5, 5.41) is 4.53. The number of benzene rings is 1. The maximum absolute atomic E-state index is 12.2. The molecule has 0 atom stereocenters. The summed E-state index contributed by atoms with van der Waals surface area (Å²) in [6, 6.07) is 8.60. The zero-order valence-electron chi connectivity index (χ0n) is 14.4. The number of carbonyl (C=O) groups is 1. The minimum Gasteiger partial charge on any atom is -0.489 e. The van der Waals surface area contributed by atoms with Crippen LogP contribution in [0.25, 0.3) is 0 Å². The fourth-order valence-corrected chi connectivity index (χ4v) is 3.00. The number of fused-ring (bicyclic) bond motifs is 1. The molecule has 7 nitrogen and oxygen atoms in total. The molecule has 0 unspecified atom stereocenters. The highest BCUT2D eigenvalue weighted by atomic mass is 35.5. The van der Waals surface area contributed by atoms with Gasteiger partial charge in [-0.2, -0.15) is 5.10 Å². The van der Waals surface area contributed by atoms with Crippen molar-refractivity contribution in [1.82, 2.24) is 9.78 Å². The number of nitrogens with zero attached hydrogens (tertiary/aromatic N) is 2. The van der Waals surface area contributed by atoms with Gasteiger partial charge in [-0.05, 0) is 35.9 Å². The van der Waals surface area contributed by atoms with Crippen molar-refractivity contribution in [1.29, 1.82) is 0 Å². The lowest BCUT2D eigenvalue weighted by Crippen LogP contribution is -2.05. The van der Waals surface area contributed by atoms with Gasteiger partial charge in [0, 0.05) is 18.8 Å². The van der Waals surface area contributed by atoms with Crippen LogP contribution in [0, 0.1) is 0 Å². The first-order valence-corrected chi connectivity index (χ1v) is 8.88. The van der Waals surface area contributed by atoms with E-state index in [1.807, 2.05) is 12.3 Å². The number of halogens is 1. The van der Waals surface area contributed by atoms with Crippen molar-refractivity contribution in [2.24, 2.45) is 0 Å². The van der Waals surface area contributed by atoms with Crippen LogP contribution in [0.4, 0.5) is 0 Å². The van der Waals surface area contributed by atoms with E-state index in [9.17, 15) is 4.79 Å². The second-order valence-electron chi connectivity index (χ2n) is 6.00. The molecule has 0 spiro atoms. The number of esters is 1. The lowest BCUT2D eigenvalue weighted by atomic mass is 10.2. The summed E-state index contributed by atoms with van der Waals surface area (Å²) in [4.78, 5) is 12.2. The van der Waals surface area contributed by atoms with E-state index < -0.39 is 5.97 Å². The highest BCUT2D eigenvalue weighted by Gasteiger charge is 2.18. The minimum absolute atomic E-state index is 0.0460. The Morgan fingerprint density at radius 3 is 3.00 bits per heavy atom. The van der Waals surface area contributed by atoms with Gasteiger partial charge in [0.2, 0.25) is 5.76 Å². The van der Waals surface area contributed by atoms with Gasteiger partial charge in [0.1, 0.15) is 12.4 Å². The molecule has 1 aliphatic rings. The first-order chi connectivity index (χ1) is 13.2. The lowest BCUT2D eigenvalue weighted by molar-refractivity contribution is 0.0433. The third kappa shape index (κ3) is 4.09. The van der Waals surface area contributed by atoms with Gasteiger partial charge in [-0.1, -0.05) is 11.6 Å². The average Bonchev–Trinajstić information content (AvgIpc) is 3.28. The molecule has 1 aliphatic heterocycles. The molecule has 0 saturated carbocycles. The van der Waals surface area contributed by atoms with Crippen LogP contribution in [0.15, 0.2) is 47.1 Å². The van der Waals surface area contributed by atoms with Crippen molar-refractivity contribution in [3.8, 4) is 11.5 Å². The molecular formula is C19H17ClN2O5. The van der Waals surface area contributed by atoms with Crippen LogP contribution in [-0.4, -0.2) is 29.0 Å². The Hall–Kier alpha value is -2.93. The van der Waals surface area contributed by atoms with E-state index in [2.05, 4.69) is 5.10 Å². The maximum atomic E-state index is 12.2. The summed E-state index contributed by atoms with van der Waals surface area (Å²) in [6.07, 6.45) is 4.28. The molecule has 0 N–H and O–H groups in total. The predicted octanol–water partition coefficient (Wildman–Crippen LogP) is 3.70.